The summed E-state index contributed by atoms with van der Waals surface area (Å²) in [6.07, 6.45) is 0.746. The topological polar surface area (TPSA) is 66.5 Å². The summed E-state index contributed by atoms with van der Waals surface area (Å²) in [5.41, 5.74) is 1.79. The Morgan fingerprint density at radius 3 is 2.61 bits per heavy atom. The van der Waals surface area contributed by atoms with E-state index < -0.39 is 10.0 Å². The Hall–Kier alpha value is -2.22. The summed E-state index contributed by atoms with van der Waals surface area (Å²) in [7, 11) is -3.56. The maximum absolute atomic E-state index is 12.9. The number of amides is 1. The fourth-order valence-corrected chi connectivity index (χ4v) is 6.62. The van der Waals surface area contributed by atoms with Crippen molar-refractivity contribution in [3.8, 4) is 0 Å². The molecule has 8 heteroatoms. The fourth-order valence-electron chi connectivity index (χ4n) is 3.73. The Kier molecular flexibility index (Phi) is 6.74. The number of nitrogens with zero attached hydrogens (tertiary/aromatic N) is 1. The summed E-state index contributed by atoms with van der Waals surface area (Å²) in [5, 5.41) is 5.34. The number of thioether (sulfide) groups is 1. The minimum absolute atomic E-state index is 0.0642. The van der Waals surface area contributed by atoms with Crippen LogP contribution in [0.1, 0.15) is 18.4 Å². The SMILES string of the molecule is O=C(CCCN1c2cccc3cccc(c23)S1(=O)=O)NCCSCc1ccccc1Cl. The monoisotopic (exact) mass is 474 g/mol. The molecule has 0 unspecified atom stereocenters. The third-order valence-corrected chi connectivity index (χ3v) is 8.46. The van der Waals surface area contributed by atoms with Gasteiger partial charge in [-0.25, -0.2) is 8.42 Å². The third-order valence-electron chi connectivity index (χ3n) is 5.23. The lowest BCUT2D eigenvalue weighted by Gasteiger charge is -2.18. The van der Waals surface area contributed by atoms with Gasteiger partial charge in [0.15, 0.2) is 0 Å². The van der Waals surface area contributed by atoms with E-state index in [4.69, 9.17) is 11.6 Å². The first-order chi connectivity index (χ1) is 15.0. The van der Waals surface area contributed by atoms with Gasteiger partial charge in [0.05, 0.1) is 10.6 Å². The molecule has 0 saturated heterocycles. The molecule has 1 N–H and O–H groups in total. The first kappa shape index (κ1) is 22.0. The molecule has 3 aromatic rings. The number of hydrogen-bond donors (Lipinski definition) is 1. The van der Waals surface area contributed by atoms with Crippen LogP contribution in [0.25, 0.3) is 10.8 Å². The van der Waals surface area contributed by atoms with E-state index in [-0.39, 0.29) is 18.9 Å². The minimum Gasteiger partial charge on any atom is -0.355 e. The quantitative estimate of drug-likeness (QED) is 0.451. The van der Waals surface area contributed by atoms with Gasteiger partial charge in [0.2, 0.25) is 5.91 Å². The van der Waals surface area contributed by atoms with Crippen LogP contribution in [-0.4, -0.2) is 33.2 Å². The molecule has 162 valence electrons. The molecule has 1 heterocycles. The predicted octanol–water partition coefficient (Wildman–Crippen LogP) is 4.83. The summed E-state index contributed by atoms with van der Waals surface area (Å²) in [6, 6.07) is 18.7. The molecule has 1 aliphatic rings. The molecule has 0 radical (unpaired) electrons. The maximum atomic E-state index is 12.9. The molecule has 1 amide bonds. The summed E-state index contributed by atoms with van der Waals surface area (Å²) >= 11 is 7.85. The molecule has 0 aliphatic carbocycles. The minimum atomic E-state index is -3.56. The molecule has 0 fully saturated rings. The summed E-state index contributed by atoms with van der Waals surface area (Å²) in [5.74, 6) is 1.52. The van der Waals surface area contributed by atoms with Crippen molar-refractivity contribution in [1.29, 1.82) is 0 Å². The van der Waals surface area contributed by atoms with E-state index in [2.05, 4.69) is 5.32 Å². The van der Waals surface area contributed by atoms with E-state index in [1.54, 1.807) is 23.9 Å². The van der Waals surface area contributed by atoms with Crippen LogP contribution in [0.2, 0.25) is 5.02 Å². The lowest BCUT2D eigenvalue weighted by Crippen LogP contribution is -2.30. The van der Waals surface area contributed by atoms with E-state index in [1.807, 2.05) is 48.5 Å². The van der Waals surface area contributed by atoms with Crippen LogP contribution in [0.5, 0.6) is 0 Å². The van der Waals surface area contributed by atoms with Gasteiger partial charge < -0.3 is 5.32 Å². The molecule has 5 nitrogen and oxygen atoms in total. The average molecular weight is 475 g/mol. The van der Waals surface area contributed by atoms with E-state index in [0.29, 0.717) is 23.5 Å². The van der Waals surface area contributed by atoms with Crippen LogP contribution in [0.3, 0.4) is 0 Å². The van der Waals surface area contributed by atoms with Gasteiger partial charge in [0, 0.05) is 41.4 Å². The highest BCUT2D eigenvalue weighted by atomic mass is 35.5. The first-order valence-corrected chi connectivity index (χ1v) is 13.1. The molecule has 4 rings (SSSR count). The lowest BCUT2D eigenvalue weighted by atomic mass is 10.1. The predicted molar refractivity (Wildman–Crippen MR) is 128 cm³/mol. The Bertz CT molecular complexity index is 1210. The van der Waals surface area contributed by atoms with Gasteiger partial charge in [-0.15, -0.1) is 0 Å². The second-order valence-corrected chi connectivity index (χ2v) is 10.6. The Morgan fingerprint density at radius 2 is 1.81 bits per heavy atom. The summed E-state index contributed by atoms with van der Waals surface area (Å²) in [4.78, 5) is 12.5. The number of carbonyl (C=O) groups excluding carboxylic acids is 1. The van der Waals surface area contributed by atoms with Gasteiger partial charge in [-0.3, -0.25) is 9.10 Å². The average Bonchev–Trinajstić information content (AvgIpc) is 2.98. The van der Waals surface area contributed by atoms with Crippen LogP contribution in [0.15, 0.2) is 65.6 Å². The maximum Gasteiger partial charge on any atom is 0.265 e. The number of anilines is 1. The van der Waals surface area contributed by atoms with E-state index in [1.165, 1.54) is 4.31 Å². The Labute approximate surface area is 191 Å². The van der Waals surface area contributed by atoms with Crippen molar-refractivity contribution in [2.75, 3.05) is 23.1 Å². The molecule has 0 atom stereocenters. The van der Waals surface area contributed by atoms with Gasteiger partial charge in [0.25, 0.3) is 10.0 Å². The number of carbonyl (C=O) groups is 1. The highest BCUT2D eigenvalue weighted by Crippen LogP contribution is 2.41. The number of rotatable bonds is 9. The zero-order valence-corrected chi connectivity index (χ0v) is 19.3. The van der Waals surface area contributed by atoms with Gasteiger partial charge in [-0.1, -0.05) is 54.1 Å². The normalized spacial score (nSPS) is 14.2. The highest BCUT2D eigenvalue weighted by molar-refractivity contribution is 7.98. The van der Waals surface area contributed by atoms with Crippen molar-refractivity contribution in [2.45, 2.75) is 23.5 Å². The van der Waals surface area contributed by atoms with Gasteiger partial charge in [-0.05, 0) is 35.6 Å². The Morgan fingerprint density at radius 1 is 1.03 bits per heavy atom. The molecule has 1 aliphatic heterocycles. The molecule has 0 aromatic heterocycles. The number of sulfonamides is 1. The second-order valence-electron chi connectivity index (χ2n) is 7.31. The molecule has 0 saturated carbocycles. The molecular formula is C23H23ClN2O3S2. The zero-order valence-electron chi connectivity index (χ0n) is 16.9. The van der Waals surface area contributed by atoms with Crippen LogP contribution < -0.4 is 9.62 Å². The molecule has 0 bridgehead atoms. The molecular weight excluding hydrogens is 452 g/mol. The van der Waals surface area contributed by atoms with Gasteiger partial charge in [0.1, 0.15) is 0 Å². The number of benzene rings is 3. The summed E-state index contributed by atoms with van der Waals surface area (Å²) < 4.78 is 27.3. The number of hydrogen-bond acceptors (Lipinski definition) is 4. The third kappa shape index (κ3) is 4.68. The van der Waals surface area contributed by atoms with Crippen LogP contribution in [-0.2, 0) is 20.6 Å². The van der Waals surface area contributed by atoms with Gasteiger partial charge in [-0.2, -0.15) is 11.8 Å². The van der Waals surface area contributed by atoms with Crippen molar-refractivity contribution in [1.82, 2.24) is 5.32 Å². The van der Waals surface area contributed by atoms with Crippen molar-refractivity contribution >= 4 is 55.8 Å². The van der Waals surface area contributed by atoms with E-state index >= 15 is 0 Å². The van der Waals surface area contributed by atoms with Crippen LogP contribution in [0, 0.1) is 0 Å². The largest absolute Gasteiger partial charge is 0.355 e. The second kappa shape index (κ2) is 9.51. The van der Waals surface area contributed by atoms with Crippen molar-refractivity contribution < 1.29 is 13.2 Å². The fraction of sp³-hybridized carbons (Fsp3) is 0.261. The van der Waals surface area contributed by atoms with Crippen LogP contribution in [0.4, 0.5) is 5.69 Å². The molecule has 31 heavy (non-hydrogen) atoms. The Balaban J connectivity index is 1.23. The zero-order chi connectivity index (χ0) is 21.8. The van der Waals surface area contributed by atoms with Gasteiger partial charge >= 0.3 is 0 Å². The highest BCUT2D eigenvalue weighted by Gasteiger charge is 2.34. The van der Waals surface area contributed by atoms with E-state index in [9.17, 15) is 13.2 Å². The van der Waals surface area contributed by atoms with Crippen molar-refractivity contribution in [3.63, 3.8) is 0 Å². The smallest absolute Gasteiger partial charge is 0.265 e. The number of nitrogens with one attached hydrogen (secondary N) is 1. The summed E-state index contributed by atoms with van der Waals surface area (Å²) in [6.45, 7) is 0.853. The standard InChI is InChI=1S/C23H23ClN2O3S2/c24-19-9-2-1-6-18(19)16-30-15-13-25-22(27)12-5-14-26-20-10-3-7-17-8-4-11-21(23(17)20)31(26,28)29/h1-4,6-11H,5,12-16H2,(H,25,27). The molecule has 3 aromatic carbocycles. The lowest BCUT2D eigenvalue weighted by molar-refractivity contribution is -0.121. The van der Waals surface area contributed by atoms with Crippen molar-refractivity contribution in [3.05, 3.63) is 71.2 Å². The first-order valence-electron chi connectivity index (χ1n) is 10.1. The van der Waals surface area contributed by atoms with E-state index in [0.717, 1.165) is 32.9 Å². The van der Waals surface area contributed by atoms with Crippen LogP contribution >= 0.6 is 23.4 Å². The van der Waals surface area contributed by atoms with Crippen molar-refractivity contribution in [2.24, 2.45) is 0 Å². The number of halogens is 1. The molecule has 0 spiro atoms.